The monoisotopic (exact) mass is 389 g/mol. The van der Waals surface area contributed by atoms with Gasteiger partial charge in [-0.3, -0.25) is 4.79 Å². The third-order valence-electron chi connectivity index (χ3n) is 4.22. The van der Waals surface area contributed by atoms with Crippen molar-refractivity contribution < 1.29 is 19.0 Å². The smallest absolute Gasteiger partial charge is 0.220 e. The molecule has 0 atom stereocenters. The summed E-state index contributed by atoms with van der Waals surface area (Å²) in [4.78, 5) is 12.0. The lowest BCUT2D eigenvalue weighted by atomic mass is 10.2. The van der Waals surface area contributed by atoms with Gasteiger partial charge in [-0.05, 0) is 36.1 Å². The average molecular weight is 390 g/mol. The van der Waals surface area contributed by atoms with E-state index in [1.165, 1.54) is 5.56 Å². The highest BCUT2D eigenvalue weighted by molar-refractivity contribution is 6.32. The molecule has 144 valence electrons. The quantitative estimate of drug-likeness (QED) is 0.663. The summed E-state index contributed by atoms with van der Waals surface area (Å²) in [6.07, 6.45) is 2.02. The zero-order valence-corrected chi connectivity index (χ0v) is 16.0. The minimum absolute atomic E-state index is 0.00679. The summed E-state index contributed by atoms with van der Waals surface area (Å²) in [5.74, 6) is 1.20. The van der Waals surface area contributed by atoms with Gasteiger partial charge in [0, 0.05) is 19.6 Å². The molecule has 0 aromatic heterocycles. The molecule has 1 heterocycles. The molecule has 2 aromatic rings. The van der Waals surface area contributed by atoms with Gasteiger partial charge < -0.3 is 19.5 Å². The Hall–Kier alpha value is -2.24. The summed E-state index contributed by atoms with van der Waals surface area (Å²) in [5, 5.41) is 3.40. The van der Waals surface area contributed by atoms with Gasteiger partial charge in [-0.15, -0.1) is 0 Å². The van der Waals surface area contributed by atoms with E-state index < -0.39 is 0 Å². The summed E-state index contributed by atoms with van der Waals surface area (Å²) in [6.45, 7) is 2.65. The SMILES string of the molecule is O=C(CCCOCCc1ccccc1)NCc1cc(Cl)c2c(c1)OCCO2. The maximum absolute atomic E-state index is 12.0. The fourth-order valence-corrected chi connectivity index (χ4v) is 3.11. The topological polar surface area (TPSA) is 56.8 Å². The molecule has 0 saturated carbocycles. The van der Waals surface area contributed by atoms with Crippen molar-refractivity contribution in [3.63, 3.8) is 0 Å². The number of carbonyl (C=O) groups excluding carboxylic acids is 1. The Kier molecular flexibility index (Phi) is 7.36. The van der Waals surface area contributed by atoms with Crippen LogP contribution in [0.25, 0.3) is 0 Å². The molecular weight excluding hydrogens is 366 g/mol. The third-order valence-corrected chi connectivity index (χ3v) is 4.50. The molecule has 1 aliphatic rings. The Bertz CT molecular complexity index is 751. The lowest BCUT2D eigenvalue weighted by Crippen LogP contribution is -2.23. The van der Waals surface area contributed by atoms with Gasteiger partial charge in [-0.1, -0.05) is 41.9 Å². The van der Waals surface area contributed by atoms with Crippen LogP contribution in [0.4, 0.5) is 0 Å². The largest absolute Gasteiger partial charge is 0.486 e. The van der Waals surface area contributed by atoms with E-state index in [0.29, 0.717) is 62.3 Å². The molecule has 0 fully saturated rings. The molecule has 2 aromatic carbocycles. The molecule has 0 aliphatic carbocycles. The van der Waals surface area contributed by atoms with E-state index in [2.05, 4.69) is 17.4 Å². The van der Waals surface area contributed by atoms with Crippen LogP contribution in [0.1, 0.15) is 24.0 Å². The van der Waals surface area contributed by atoms with E-state index >= 15 is 0 Å². The number of hydrogen-bond donors (Lipinski definition) is 1. The molecule has 5 nitrogen and oxygen atoms in total. The maximum atomic E-state index is 12.0. The first kappa shape index (κ1) is 19.5. The van der Waals surface area contributed by atoms with Crippen LogP contribution < -0.4 is 14.8 Å². The first-order valence-electron chi connectivity index (χ1n) is 9.19. The van der Waals surface area contributed by atoms with Crippen LogP contribution in [0, 0.1) is 0 Å². The minimum Gasteiger partial charge on any atom is -0.486 e. The Morgan fingerprint density at radius 2 is 1.89 bits per heavy atom. The van der Waals surface area contributed by atoms with Crippen LogP contribution in [0.15, 0.2) is 42.5 Å². The molecule has 0 radical (unpaired) electrons. The number of hydrogen-bond acceptors (Lipinski definition) is 4. The molecule has 1 N–H and O–H groups in total. The molecule has 0 unspecified atom stereocenters. The number of rotatable bonds is 9. The number of halogens is 1. The van der Waals surface area contributed by atoms with Gasteiger partial charge in [0.2, 0.25) is 5.91 Å². The van der Waals surface area contributed by atoms with Crippen molar-refractivity contribution in [2.45, 2.75) is 25.8 Å². The molecule has 0 bridgehead atoms. The van der Waals surface area contributed by atoms with Crippen molar-refractivity contribution in [3.8, 4) is 11.5 Å². The second-order valence-corrected chi connectivity index (χ2v) is 6.74. The van der Waals surface area contributed by atoms with E-state index in [0.717, 1.165) is 12.0 Å². The Morgan fingerprint density at radius 1 is 1.07 bits per heavy atom. The predicted molar refractivity (Wildman–Crippen MR) is 104 cm³/mol. The van der Waals surface area contributed by atoms with Crippen LogP contribution in [-0.2, 0) is 22.5 Å². The summed E-state index contributed by atoms with van der Waals surface area (Å²) in [6, 6.07) is 13.9. The molecule has 1 aliphatic heterocycles. The third kappa shape index (κ3) is 6.15. The Morgan fingerprint density at radius 3 is 2.74 bits per heavy atom. The second kappa shape index (κ2) is 10.2. The summed E-state index contributed by atoms with van der Waals surface area (Å²) in [5.41, 5.74) is 2.14. The molecule has 1 amide bonds. The lowest BCUT2D eigenvalue weighted by Gasteiger charge is -2.20. The lowest BCUT2D eigenvalue weighted by molar-refractivity contribution is -0.121. The number of carbonyl (C=O) groups is 1. The van der Waals surface area contributed by atoms with Gasteiger partial charge in [-0.25, -0.2) is 0 Å². The predicted octanol–water partition coefficient (Wildman–Crippen LogP) is 3.77. The summed E-state index contributed by atoms with van der Waals surface area (Å²) < 4.78 is 16.6. The highest BCUT2D eigenvalue weighted by Gasteiger charge is 2.16. The fraction of sp³-hybridized carbons (Fsp3) is 0.381. The van der Waals surface area contributed by atoms with E-state index in [-0.39, 0.29) is 5.91 Å². The van der Waals surface area contributed by atoms with Crippen LogP contribution in [0.3, 0.4) is 0 Å². The van der Waals surface area contributed by atoms with E-state index in [9.17, 15) is 4.79 Å². The van der Waals surface area contributed by atoms with Crippen LogP contribution >= 0.6 is 11.6 Å². The van der Waals surface area contributed by atoms with E-state index in [1.54, 1.807) is 6.07 Å². The van der Waals surface area contributed by atoms with Crippen molar-refractivity contribution in [1.29, 1.82) is 0 Å². The molecule has 6 heteroatoms. The van der Waals surface area contributed by atoms with E-state index in [1.807, 2.05) is 24.3 Å². The van der Waals surface area contributed by atoms with Crippen molar-refractivity contribution in [3.05, 3.63) is 58.6 Å². The highest BCUT2D eigenvalue weighted by Crippen LogP contribution is 2.38. The van der Waals surface area contributed by atoms with Crippen LogP contribution in [-0.4, -0.2) is 32.3 Å². The van der Waals surface area contributed by atoms with Gasteiger partial charge in [0.25, 0.3) is 0 Å². The zero-order valence-electron chi connectivity index (χ0n) is 15.2. The first-order chi connectivity index (χ1) is 13.2. The number of fused-ring (bicyclic) bond motifs is 1. The van der Waals surface area contributed by atoms with Crippen molar-refractivity contribution in [2.24, 2.45) is 0 Å². The van der Waals surface area contributed by atoms with Gasteiger partial charge in [0.1, 0.15) is 13.2 Å². The van der Waals surface area contributed by atoms with Crippen LogP contribution in [0.5, 0.6) is 11.5 Å². The minimum atomic E-state index is -0.00679. The highest BCUT2D eigenvalue weighted by atomic mass is 35.5. The normalized spacial score (nSPS) is 12.6. The Labute approximate surface area is 164 Å². The van der Waals surface area contributed by atoms with Crippen molar-refractivity contribution >= 4 is 17.5 Å². The first-order valence-corrected chi connectivity index (χ1v) is 9.56. The van der Waals surface area contributed by atoms with Gasteiger partial charge in [0.15, 0.2) is 11.5 Å². The molecular formula is C21H24ClNO4. The summed E-state index contributed by atoms with van der Waals surface area (Å²) in [7, 11) is 0. The molecule has 0 spiro atoms. The number of ether oxygens (including phenoxy) is 3. The van der Waals surface area contributed by atoms with Crippen molar-refractivity contribution in [1.82, 2.24) is 5.32 Å². The second-order valence-electron chi connectivity index (χ2n) is 6.33. The van der Waals surface area contributed by atoms with Crippen LogP contribution in [0.2, 0.25) is 5.02 Å². The van der Waals surface area contributed by atoms with Crippen molar-refractivity contribution in [2.75, 3.05) is 26.4 Å². The number of nitrogens with one attached hydrogen (secondary N) is 1. The standard InChI is InChI=1S/C21H24ClNO4/c22-18-13-17(14-19-21(18)27-12-11-26-19)15-23-20(24)7-4-9-25-10-8-16-5-2-1-3-6-16/h1-3,5-6,13-14H,4,7-12,15H2,(H,23,24). The van der Waals surface area contributed by atoms with Gasteiger partial charge in [0.05, 0.1) is 11.6 Å². The van der Waals surface area contributed by atoms with E-state index in [4.69, 9.17) is 25.8 Å². The number of amides is 1. The zero-order chi connectivity index (χ0) is 18.9. The molecule has 0 saturated heterocycles. The van der Waals surface area contributed by atoms with Gasteiger partial charge >= 0.3 is 0 Å². The molecule has 3 rings (SSSR count). The Balaban J connectivity index is 1.31. The fourth-order valence-electron chi connectivity index (χ4n) is 2.83. The maximum Gasteiger partial charge on any atom is 0.220 e. The van der Waals surface area contributed by atoms with Gasteiger partial charge in [-0.2, -0.15) is 0 Å². The number of benzene rings is 2. The summed E-state index contributed by atoms with van der Waals surface area (Å²) >= 11 is 6.20. The average Bonchev–Trinajstić information content (AvgIpc) is 2.70. The molecule has 27 heavy (non-hydrogen) atoms.